The third kappa shape index (κ3) is 3.33. The van der Waals surface area contributed by atoms with Crippen LogP contribution < -0.4 is 5.32 Å². The molecule has 20 heavy (non-hydrogen) atoms. The molecule has 3 N–H and O–H groups in total. The molecule has 1 aliphatic carbocycles. The molecule has 1 atom stereocenters. The molecule has 6 nitrogen and oxygen atoms in total. The summed E-state index contributed by atoms with van der Waals surface area (Å²) in [6.45, 7) is 0.560. The Morgan fingerprint density at radius 2 is 1.85 bits per heavy atom. The number of alkyl halides is 3. The van der Waals surface area contributed by atoms with Crippen LogP contribution in [0.1, 0.15) is 19.8 Å². The number of amides is 2. The Hall–Kier alpha value is -1.51. The number of aliphatic hydroxyl groups is 1. The molecule has 2 amide bonds. The summed E-state index contributed by atoms with van der Waals surface area (Å²) in [6.07, 6.45) is -4.58. The van der Waals surface area contributed by atoms with Crippen molar-refractivity contribution in [3.8, 4) is 0 Å². The normalized spacial score (nSPS) is 25.3. The summed E-state index contributed by atoms with van der Waals surface area (Å²) in [6, 6.07) is -1.12. The van der Waals surface area contributed by atoms with E-state index in [0.717, 1.165) is 4.90 Å². The monoisotopic (exact) mass is 298 g/mol. The van der Waals surface area contributed by atoms with Gasteiger partial charge in [0.1, 0.15) is 0 Å². The van der Waals surface area contributed by atoms with E-state index in [4.69, 9.17) is 10.2 Å². The molecule has 1 aliphatic rings. The number of carboxylic acids is 1. The van der Waals surface area contributed by atoms with Crippen molar-refractivity contribution >= 4 is 12.0 Å². The van der Waals surface area contributed by atoms with Gasteiger partial charge in [-0.25, -0.2) is 9.59 Å². The van der Waals surface area contributed by atoms with E-state index < -0.39 is 29.8 Å². The maximum absolute atomic E-state index is 12.7. The molecule has 1 saturated carbocycles. The minimum Gasteiger partial charge on any atom is -0.479 e. The Labute approximate surface area is 113 Å². The fourth-order valence-corrected chi connectivity index (χ4v) is 1.87. The maximum Gasteiger partial charge on any atom is 0.422 e. The van der Waals surface area contributed by atoms with Crippen molar-refractivity contribution in [3.05, 3.63) is 0 Å². The second-order valence-corrected chi connectivity index (χ2v) is 5.23. The molecule has 1 unspecified atom stereocenters. The largest absolute Gasteiger partial charge is 0.479 e. The molecule has 0 aromatic rings. The van der Waals surface area contributed by atoms with Crippen molar-refractivity contribution in [2.45, 2.75) is 37.6 Å². The second kappa shape index (κ2) is 5.47. The molecule has 1 rings (SSSR count). The molecular formula is C11H17F3N2O4. The van der Waals surface area contributed by atoms with Gasteiger partial charge in [-0.2, -0.15) is 13.2 Å². The summed E-state index contributed by atoms with van der Waals surface area (Å²) in [4.78, 5) is 23.4. The average Bonchev–Trinajstić information content (AvgIpc) is 2.24. The van der Waals surface area contributed by atoms with E-state index in [0.29, 0.717) is 19.8 Å². The minimum absolute atomic E-state index is 0.0164. The summed E-state index contributed by atoms with van der Waals surface area (Å²) in [5.74, 6) is -2.16. The molecule has 0 bridgehead atoms. The van der Waals surface area contributed by atoms with Gasteiger partial charge in [-0.3, -0.25) is 0 Å². The lowest BCUT2D eigenvalue weighted by Gasteiger charge is -2.36. The Morgan fingerprint density at radius 1 is 1.35 bits per heavy atom. The van der Waals surface area contributed by atoms with Gasteiger partial charge in [-0.15, -0.1) is 0 Å². The van der Waals surface area contributed by atoms with Gasteiger partial charge in [0.2, 0.25) is 5.54 Å². The Balaban J connectivity index is 2.64. The van der Waals surface area contributed by atoms with Crippen LogP contribution in [0.25, 0.3) is 0 Å². The number of nitrogens with one attached hydrogen (secondary N) is 1. The summed E-state index contributed by atoms with van der Waals surface area (Å²) < 4.78 is 38.2. The topological polar surface area (TPSA) is 89.9 Å². The quantitative estimate of drug-likeness (QED) is 0.716. The summed E-state index contributed by atoms with van der Waals surface area (Å²) in [7, 11) is 1.28. The molecular weight excluding hydrogens is 281 g/mol. The van der Waals surface area contributed by atoms with Crippen LogP contribution in [0.5, 0.6) is 0 Å². The van der Waals surface area contributed by atoms with Crippen LogP contribution >= 0.6 is 0 Å². The van der Waals surface area contributed by atoms with Crippen molar-refractivity contribution in [1.29, 1.82) is 0 Å². The fraction of sp³-hybridized carbons (Fsp3) is 0.818. The first-order valence-electron chi connectivity index (χ1n) is 5.99. The number of rotatable bonds is 4. The number of aliphatic carboxylic acids is 1. The molecule has 1 fully saturated rings. The van der Waals surface area contributed by atoms with Crippen LogP contribution in [0.2, 0.25) is 0 Å². The predicted octanol–water partition coefficient (Wildman–Crippen LogP) is 0.804. The first kappa shape index (κ1) is 16.5. The highest BCUT2D eigenvalue weighted by Gasteiger charge is 2.58. The van der Waals surface area contributed by atoms with Crippen LogP contribution in [0.4, 0.5) is 18.0 Å². The highest BCUT2D eigenvalue weighted by Crippen LogP contribution is 2.31. The zero-order chi connectivity index (χ0) is 15.7. The third-order valence-corrected chi connectivity index (χ3v) is 3.44. The first-order chi connectivity index (χ1) is 8.97. The van der Waals surface area contributed by atoms with Gasteiger partial charge in [-0.05, 0) is 25.7 Å². The molecule has 0 aromatic carbocycles. The van der Waals surface area contributed by atoms with Gasteiger partial charge in [-0.1, -0.05) is 0 Å². The first-order valence-corrected chi connectivity index (χ1v) is 5.99. The molecule has 116 valence electrons. The van der Waals surface area contributed by atoms with Crippen LogP contribution in [-0.2, 0) is 4.79 Å². The van der Waals surface area contributed by atoms with Crippen molar-refractivity contribution in [2.24, 2.45) is 5.92 Å². The smallest absolute Gasteiger partial charge is 0.422 e. The zero-order valence-electron chi connectivity index (χ0n) is 11.1. The number of halogens is 3. The molecule has 0 aromatic heterocycles. The standard InChI is InChI=1S/C11H17F3N2O4/c1-10(8(18)19,11(12,13)14)15-9(20)16(2)5-6-3-7(17)4-6/h6-7,17H,3-5H2,1-2H3,(H,15,20)(H,18,19). The number of hydrogen-bond donors (Lipinski definition) is 3. The van der Waals surface area contributed by atoms with Gasteiger partial charge in [0.25, 0.3) is 0 Å². The number of nitrogens with zero attached hydrogens (tertiary/aromatic N) is 1. The summed E-state index contributed by atoms with van der Waals surface area (Å²) in [5.41, 5.74) is -3.34. The number of carbonyl (C=O) groups is 2. The second-order valence-electron chi connectivity index (χ2n) is 5.23. The lowest BCUT2D eigenvalue weighted by atomic mass is 9.82. The van der Waals surface area contributed by atoms with Crippen LogP contribution in [0.3, 0.4) is 0 Å². The van der Waals surface area contributed by atoms with E-state index in [1.807, 2.05) is 0 Å². The van der Waals surface area contributed by atoms with E-state index in [-0.39, 0.29) is 12.5 Å². The van der Waals surface area contributed by atoms with Crippen LogP contribution in [-0.4, -0.2) is 58.5 Å². The lowest BCUT2D eigenvalue weighted by molar-refractivity contribution is -0.203. The Morgan fingerprint density at radius 3 is 2.20 bits per heavy atom. The number of aliphatic hydroxyl groups excluding tert-OH is 1. The highest BCUT2D eigenvalue weighted by molar-refractivity contribution is 5.86. The van der Waals surface area contributed by atoms with E-state index in [1.165, 1.54) is 12.4 Å². The van der Waals surface area contributed by atoms with Gasteiger partial charge in [0, 0.05) is 13.6 Å². The van der Waals surface area contributed by atoms with Gasteiger partial charge in [0.15, 0.2) is 0 Å². The predicted molar refractivity (Wildman–Crippen MR) is 62.0 cm³/mol. The molecule has 0 saturated heterocycles. The van der Waals surface area contributed by atoms with E-state index in [1.54, 1.807) is 0 Å². The molecule has 9 heteroatoms. The molecule has 0 heterocycles. The molecule has 0 radical (unpaired) electrons. The van der Waals surface area contributed by atoms with Crippen LogP contribution in [0.15, 0.2) is 0 Å². The zero-order valence-corrected chi connectivity index (χ0v) is 11.1. The van der Waals surface area contributed by atoms with Crippen molar-refractivity contribution < 1.29 is 33.0 Å². The average molecular weight is 298 g/mol. The number of urea groups is 1. The number of hydrogen-bond acceptors (Lipinski definition) is 3. The van der Waals surface area contributed by atoms with Crippen LogP contribution in [0, 0.1) is 5.92 Å². The van der Waals surface area contributed by atoms with E-state index >= 15 is 0 Å². The Bertz CT molecular complexity index is 396. The lowest BCUT2D eigenvalue weighted by Crippen LogP contribution is -2.64. The molecule has 0 aliphatic heterocycles. The van der Waals surface area contributed by atoms with Gasteiger partial charge in [0.05, 0.1) is 6.10 Å². The van der Waals surface area contributed by atoms with Crippen molar-refractivity contribution in [1.82, 2.24) is 10.2 Å². The van der Waals surface area contributed by atoms with Gasteiger partial charge >= 0.3 is 18.2 Å². The summed E-state index contributed by atoms with van der Waals surface area (Å²) >= 11 is 0. The third-order valence-electron chi connectivity index (χ3n) is 3.44. The Kier molecular flexibility index (Phi) is 4.52. The van der Waals surface area contributed by atoms with Gasteiger partial charge < -0.3 is 20.4 Å². The van der Waals surface area contributed by atoms with Crippen molar-refractivity contribution in [2.75, 3.05) is 13.6 Å². The van der Waals surface area contributed by atoms with E-state index in [2.05, 4.69) is 0 Å². The minimum atomic E-state index is -5.11. The SMILES string of the molecule is CN(CC1CC(O)C1)C(=O)NC(C)(C(=O)O)C(F)(F)F. The van der Waals surface area contributed by atoms with E-state index in [9.17, 15) is 22.8 Å². The number of carboxylic acid groups (broad SMARTS) is 1. The maximum atomic E-state index is 12.7. The van der Waals surface area contributed by atoms with Crippen molar-refractivity contribution in [3.63, 3.8) is 0 Å². The summed E-state index contributed by atoms with van der Waals surface area (Å²) in [5, 5.41) is 19.3. The molecule has 0 spiro atoms. The number of carbonyl (C=O) groups excluding carboxylic acids is 1. The fourth-order valence-electron chi connectivity index (χ4n) is 1.87. The highest BCUT2D eigenvalue weighted by atomic mass is 19.4.